The molecule has 0 fully saturated rings. The molecule has 0 aliphatic heterocycles. The average molecular weight is 423 g/mol. The lowest BCUT2D eigenvalue weighted by atomic mass is 10.00. The number of hydrogen-bond acceptors (Lipinski definition) is 4. The topological polar surface area (TPSA) is 168 Å². The van der Waals surface area contributed by atoms with E-state index in [2.05, 4.69) is 50.1 Å². The van der Waals surface area contributed by atoms with Crippen molar-refractivity contribution in [3.8, 4) is 11.1 Å². The smallest absolute Gasteiger partial charge is 0.195 e. The predicted molar refractivity (Wildman–Crippen MR) is 126 cm³/mol. The van der Waals surface area contributed by atoms with Crippen LogP contribution in [0.25, 0.3) is 11.1 Å². The molecule has 164 valence electrons. The highest BCUT2D eigenvalue weighted by atomic mass is 15.2. The Kier molecular flexibility index (Phi) is 8.84. The van der Waals surface area contributed by atoms with Crippen LogP contribution in [0.2, 0.25) is 0 Å². The van der Waals surface area contributed by atoms with E-state index >= 15 is 0 Å². The van der Waals surface area contributed by atoms with Crippen molar-refractivity contribution in [1.29, 1.82) is 21.6 Å². The molecule has 10 N–H and O–H groups in total. The molecule has 31 heavy (non-hydrogen) atoms. The van der Waals surface area contributed by atoms with Crippen LogP contribution >= 0.6 is 0 Å². The first-order valence-electron chi connectivity index (χ1n) is 9.81. The van der Waals surface area contributed by atoms with Crippen molar-refractivity contribution in [3.63, 3.8) is 0 Å². The maximum absolute atomic E-state index is 7.82. The van der Waals surface area contributed by atoms with E-state index in [1.165, 1.54) is 0 Å². The predicted octanol–water partition coefficient (Wildman–Crippen LogP) is 0.932. The SMILES string of the molecule is CNC(=N)NC(=N)NCCc1cccc(-c2cccc(CNC(=N)NC(=N)NC)c2)c1. The molecular formula is C21H30N10. The van der Waals surface area contributed by atoms with Gasteiger partial charge >= 0.3 is 0 Å². The van der Waals surface area contributed by atoms with Gasteiger partial charge in [0.25, 0.3) is 0 Å². The highest BCUT2D eigenvalue weighted by Crippen LogP contribution is 2.22. The maximum atomic E-state index is 7.82. The molecule has 0 amide bonds. The van der Waals surface area contributed by atoms with Gasteiger partial charge in [0, 0.05) is 27.2 Å². The second kappa shape index (κ2) is 11.8. The Morgan fingerprint density at radius 3 is 1.77 bits per heavy atom. The molecule has 0 spiro atoms. The highest BCUT2D eigenvalue weighted by molar-refractivity contribution is 5.96. The van der Waals surface area contributed by atoms with Gasteiger partial charge in [-0.15, -0.1) is 0 Å². The van der Waals surface area contributed by atoms with Crippen LogP contribution in [-0.2, 0) is 13.0 Å². The third kappa shape index (κ3) is 8.05. The summed E-state index contributed by atoms with van der Waals surface area (Å²) in [4.78, 5) is 0. The van der Waals surface area contributed by atoms with E-state index in [1.54, 1.807) is 14.1 Å². The summed E-state index contributed by atoms with van der Waals surface area (Å²) in [5, 5.41) is 46.9. The molecule has 0 saturated heterocycles. The summed E-state index contributed by atoms with van der Waals surface area (Å²) in [5.74, 6) is 0.272. The van der Waals surface area contributed by atoms with E-state index in [9.17, 15) is 0 Å². The largest absolute Gasteiger partial charge is 0.359 e. The standard InChI is InChI=1S/C21H30N10/c1-26-18(22)30-20(24)28-10-9-14-5-3-7-16(11-14)17-8-4-6-15(12-17)13-29-21(25)31-19(23)27-2/h3-8,11-12H,9-10,13H2,1-2H3,(H5,22,24,26,28,30)(H5,23,25,27,29,31). The highest BCUT2D eigenvalue weighted by Gasteiger charge is 2.04. The van der Waals surface area contributed by atoms with Crippen LogP contribution in [0, 0.1) is 21.6 Å². The molecule has 0 aromatic heterocycles. The Morgan fingerprint density at radius 2 is 1.19 bits per heavy atom. The lowest BCUT2D eigenvalue weighted by molar-refractivity contribution is 0.837. The minimum atomic E-state index is 0.0590. The van der Waals surface area contributed by atoms with Gasteiger partial charge in [-0.25, -0.2) is 0 Å². The Balaban J connectivity index is 1.94. The number of rotatable bonds is 6. The third-order valence-corrected chi connectivity index (χ3v) is 4.37. The van der Waals surface area contributed by atoms with Crippen molar-refractivity contribution < 1.29 is 0 Å². The number of guanidine groups is 4. The first-order valence-corrected chi connectivity index (χ1v) is 9.81. The molecule has 0 unspecified atom stereocenters. The van der Waals surface area contributed by atoms with E-state index in [0.717, 1.165) is 28.7 Å². The molecule has 2 rings (SSSR count). The average Bonchev–Trinajstić information content (AvgIpc) is 2.78. The monoisotopic (exact) mass is 422 g/mol. The van der Waals surface area contributed by atoms with Gasteiger partial charge in [-0.2, -0.15) is 0 Å². The Labute approximate surface area is 182 Å². The van der Waals surface area contributed by atoms with Crippen molar-refractivity contribution in [2.24, 2.45) is 0 Å². The van der Waals surface area contributed by atoms with E-state index < -0.39 is 0 Å². The van der Waals surface area contributed by atoms with E-state index in [-0.39, 0.29) is 23.8 Å². The number of benzene rings is 2. The zero-order valence-corrected chi connectivity index (χ0v) is 17.7. The fourth-order valence-electron chi connectivity index (χ4n) is 2.75. The van der Waals surface area contributed by atoms with E-state index in [4.69, 9.17) is 21.6 Å². The molecule has 0 atom stereocenters. The van der Waals surface area contributed by atoms with Crippen molar-refractivity contribution in [1.82, 2.24) is 31.9 Å². The van der Waals surface area contributed by atoms with E-state index in [0.29, 0.717) is 13.1 Å². The molecule has 2 aromatic carbocycles. The van der Waals surface area contributed by atoms with Gasteiger partial charge in [0.15, 0.2) is 23.8 Å². The maximum Gasteiger partial charge on any atom is 0.195 e. The molecule has 0 aliphatic rings. The van der Waals surface area contributed by atoms with Crippen LogP contribution in [0.4, 0.5) is 0 Å². The van der Waals surface area contributed by atoms with Crippen LogP contribution in [0.15, 0.2) is 48.5 Å². The zero-order valence-electron chi connectivity index (χ0n) is 17.7. The molecule has 0 saturated carbocycles. The fraction of sp³-hybridized carbons (Fsp3) is 0.238. The normalized spacial score (nSPS) is 9.87. The Hall–Kier alpha value is -4.08. The van der Waals surface area contributed by atoms with Gasteiger partial charge in [0.2, 0.25) is 0 Å². The van der Waals surface area contributed by atoms with Crippen LogP contribution < -0.4 is 31.9 Å². The minimum Gasteiger partial charge on any atom is -0.359 e. The summed E-state index contributed by atoms with van der Waals surface area (Å²) in [6.07, 6.45) is 0.742. The van der Waals surface area contributed by atoms with Crippen LogP contribution in [0.5, 0.6) is 0 Å². The third-order valence-electron chi connectivity index (χ3n) is 4.37. The van der Waals surface area contributed by atoms with Crippen LogP contribution in [0.1, 0.15) is 11.1 Å². The van der Waals surface area contributed by atoms with Gasteiger partial charge in [-0.3, -0.25) is 32.3 Å². The summed E-state index contributed by atoms with van der Waals surface area (Å²) in [6.45, 7) is 1.05. The van der Waals surface area contributed by atoms with Gasteiger partial charge in [0.05, 0.1) is 0 Å². The van der Waals surface area contributed by atoms with Gasteiger partial charge in [0.1, 0.15) is 0 Å². The fourth-order valence-corrected chi connectivity index (χ4v) is 2.75. The first kappa shape index (κ1) is 23.2. The Morgan fingerprint density at radius 1 is 0.677 bits per heavy atom. The second-order valence-corrected chi connectivity index (χ2v) is 6.68. The van der Waals surface area contributed by atoms with Crippen LogP contribution in [0.3, 0.4) is 0 Å². The lowest BCUT2D eigenvalue weighted by Gasteiger charge is -2.12. The van der Waals surface area contributed by atoms with Gasteiger partial charge < -0.3 is 21.3 Å². The van der Waals surface area contributed by atoms with Crippen molar-refractivity contribution in [3.05, 3.63) is 59.7 Å². The molecule has 2 aromatic rings. The summed E-state index contributed by atoms with van der Waals surface area (Å²) >= 11 is 0. The van der Waals surface area contributed by atoms with Crippen molar-refractivity contribution in [2.45, 2.75) is 13.0 Å². The van der Waals surface area contributed by atoms with Crippen molar-refractivity contribution >= 4 is 23.8 Å². The van der Waals surface area contributed by atoms with Crippen molar-refractivity contribution in [2.75, 3.05) is 20.6 Å². The summed E-state index contributed by atoms with van der Waals surface area (Å²) < 4.78 is 0. The van der Waals surface area contributed by atoms with Crippen LogP contribution in [-0.4, -0.2) is 44.5 Å². The van der Waals surface area contributed by atoms with Gasteiger partial charge in [-0.1, -0.05) is 42.5 Å². The number of hydrogen-bond donors (Lipinski definition) is 10. The zero-order chi connectivity index (χ0) is 22.6. The van der Waals surface area contributed by atoms with E-state index in [1.807, 2.05) is 30.3 Å². The molecule has 0 bridgehead atoms. The molecule has 0 heterocycles. The quantitative estimate of drug-likeness (QED) is 0.245. The van der Waals surface area contributed by atoms with Gasteiger partial charge in [-0.05, 0) is 34.7 Å². The number of nitrogens with one attached hydrogen (secondary N) is 10. The molecule has 10 heteroatoms. The molecule has 0 radical (unpaired) electrons. The second-order valence-electron chi connectivity index (χ2n) is 6.68. The molecule has 0 aliphatic carbocycles. The lowest BCUT2D eigenvalue weighted by Crippen LogP contribution is -2.45. The molecule has 10 nitrogen and oxygen atoms in total. The summed E-state index contributed by atoms with van der Waals surface area (Å²) in [6, 6.07) is 16.3. The first-order chi connectivity index (χ1) is 14.9. The summed E-state index contributed by atoms with van der Waals surface area (Å²) in [5.41, 5.74) is 4.34. The minimum absolute atomic E-state index is 0.0590. The molecular weight excluding hydrogens is 392 g/mol. The Bertz CT molecular complexity index is 937. The summed E-state index contributed by atoms with van der Waals surface area (Å²) in [7, 11) is 3.24.